The minimum atomic E-state index is -0.785. The zero-order valence-electron chi connectivity index (χ0n) is 8.64. The van der Waals surface area contributed by atoms with Gasteiger partial charge in [-0.2, -0.15) is 0 Å². The van der Waals surface area contributed by atoms with Crippen molar-refractivity contribution in [1.29, 1.82) is 0 Å². The Labute approximate surface area is 91.9 Å². The molecule has 0 saturated carbocycles. The van der Waals surface area contributed by atoms with Crippen molar-refractivity contribution >= 4 is 11.9 Å². The van der Waals surface area contributed by atoms with Crippen LogP contribution in [-0.2, 0) is 4.79 Å². The number of carboxylic acids is 1. The minimum absolute atomic E-state index is 0.131. The maximum atomic E-state index is 12.6. The Morgan fingerprint density at radius 1 is 1.56 bits per heavy atom. The van der Waals surface area contributed by atoms with E-state index in [9.17, 15) is 9.18 Å². The molecule has 5 nitrogen and oxygen atoms in total. The number of aromatic nitrogens is 2. The third kappa shape index (κ3) is 2.44. The van der Waals surface area contributed by atoms with Crippen LogP contribution in [-0.4, -0.2) is 34.1 Å². The average molecular weight is 225 g/mol. The summed E-state index contributed by atoms with van der Waals surface area (Å²) in [6.07, 6.45) is 3.21. The Morgan fingerprint density at radius 3 is 2.88 bits per heavy atom. The van der Waals surface area contributed by atoms with Crippen LogP contribution in [0.1, 0.15) is 12.8 Å². The van der Waals surface area contributed by atoms with Crippen LogP contribution in [0.15, 0.2) is 12.4 Å². The van der Waals surface area contributed by atoms with Gasteiger partial charge in [0.25, 0.3) is 0 Å². The molecule has 1 aliphatic rings. The molecule has 0 amide bonds. The fourth-order valence-electron chi connectivity index (χ4n) is 1.90. The molecule has 1 aliphatic heterocycles. The summed E-state index contributed by atoms with van der Waals surface area (Å²) in [5, 5.41) is 8.67. The highest BCUT2D eigenvalue weighted by Gasteiger charge is 2.25. The summed E-state index contributed by atoms with van der Waals surface area (Å²) >= 11 is 0. The predicted molar refractivity (Wildman–Crippen MR) is 54.6 cm³/mol. The summed E-state index contributed by atoms with van der Waals surface area (Å²) in [5.74, 6) is -0.655. The molecule has 0 spiro atoms. The van der Waals surface area contributed by atoms with Crippen molar-refractivity contribution < 1.29 is 14.3 Å². The van der Waals surface area contributed by atoms with Crippen LogP contribution in [0.25, 0.3) is 0 Å². The minimum Gasteiger partial charge on any atom is -0.481 e. The lowest BCUT2D eigenvalue weighted by Gasteiger charge is -2.15. The van der Waals surface area contributed by atoms with Crippen molar-refractivity contribution in [2.45, 2.75) is 12.8 Å². The van der Waals surface area contributed by atoms with E-state index in [-0.39, 0.29) is 12.3 Å². The molecular weight excluding hydrogens is 213 g/mol. The summed E-state index contributed by atoms with van der Waals surface area (Å²) in [6.45, 7) is 1.35. The number of hydrogen-bond donors (Lipinski definition) is 1. The topological polar surface area (TPSA) is 66.3 Å². The Hall–Kier alpha value is -1.72. The second-order valence-corrected chi connectivity index (χ2v) is 3.90. The molecule has 1 unspecified atom stereocenters. The van der Waals surface area contributed by atoms with Crippen LogP contribution < -0.4 is 4.90 Å². The van der Waals surface area contributed by atoms with Gasteiger partial charge in [-0.1, -0.05) is 0 Å². The molecule has 1 aromatic heterocycles. The summed E-state index contributed by atoms with van der Waals surface area (Å²) in [4.78, 5) is 20.2. The van der Waals surface area contributed by atoms with E-state index in [0.717, 1.165) is 25.4 Å². The maximum Gasteiger partial charge on any atom is 0.303 e. The third-order valence-corrected chi connectivity index (χ3v) is 2.64. The second-order valence-electron chi connectivity index (χ2n) is 3.90. The molecule has 6 heteroatoms. The van der Waals surface area contributed by atoms with Gasteiger partial charge in [-0.05, 0) is 12.3 Å². The quantitative estimate of drug-likeness (QED) is 0.828. The lowest BCUT2D eigenvalue weighted by Crippen LogP contribution is -2.22. The van der Waals surface area contributed by atoms with Gasteiger partial charge in [-0.15, -0.1) is 0 Å². The number of halogens is 1. The van der Waals surface area contributed by atoms with E-state index in [0.29, 0.717) is 12.5 Å². The van der Waals surface area contributed by atoms with Crippen LogP contribution >= 0.6 is 0 Å². The van der Waals surface area contributed by atoms with Gasteiger partial charge in [-0.25, -0.2) is 14.4 Å². The van der Waals surface area contributed by atoms with Gasteiger partial charge in [0.15, 0.2) is 5.82 Å². The molecule has 0 aromatic carbocycles. The standard InChI is InChI=1S/C10H12FN3O2/c11-8-4-12-10(13-5-8)14-2-1-7(6-14)3-9(15)16/h4-5,7H,1-3,6H2,(H,15,16). The predicted octanol–water partition coefficient (Wildman–Crippen LogP) is 0.917. The molecule has 1 fully saturated rings. The largest absolute Gasteiger partial charge is 0.481 e. The van der Waals surface area contributed by atoms with E-state index in [1.165, 1.54) is 0 Å². The van der Waals surface area contributed by atoms with E-state index in [1.54, 1.807) is 0 Å². The Morgan fingerprint density at radius 2 is 2.25 bits per heavy atom. The summed E-state index contributed by atoms with van der Waals surface area (Å²) in [7, 11) is 0. The molecule has 1 aromatic rings. The normalized spacial score (nSPS) is 20.1. The highest BCUT2D eigenvalue weighted by molar-refractivity contribution is 5.67. The van der Waals surface area contributed by atoms with Crippen LogP contribution in [0.5, 0.6) is 0 Å². The molecular formula is C10H12FN3O2. The molecule has 2 heterocycles. The van der Waals surface area contributed by atoms with E-state index in [1.807, 2.05) is 4.90 Å². The molecule has 86 valence electrons. The van der Waals surface area contributed by atoms with Gasteiger partial charge in [0.2, 0.25) is 5.95 Å². The van der Waals surface area contributed by atoms with Gasteiger partial charge in [-0.3, -0.25) is 4.79 Å². The first-order valence-corrected chi connectivity index (χ1v) is 5.09. The molecule has 1 N–H and O–H groups in total. The Balaban J connectivity index is 1.98. The monoisotopic (exact) mass is 225 g/mol. The summed E-state index contributed by atoms with van der Waals surface area (Å²) in [6, 6.07) is 0. The maximum absolute atomic E-state index is 12.6. The number of hydrogen-bond acceptors (Lipinski definition) is 4. The molecule has 0 bridgehead atoms. The SMILES string of the molecule is O=C(O)CC1CCN(c2ncc(F)cn2)C1. The second kappa shape index (κ2) is 4.42. The van der Waals surface area contributed by atoms with Crippen LogP contribution in [0, 0.1) is 11.7 Å². The van der Waals surface area contributed by atoms with Crippen LogP contribution in [0.3, 0.4) is 0 Å². The Bertz CT molecular complexity index is 382. The third-order valence-electron chi connectivity index (χ3n) is 2.64. The number of carbonyl (C=O) groups is 1. The molecule has 0 aliphatic carbocycles. The molecule has 1 saturated heterocycles. The fraction of sp³-hybridized carbons (Fsp3) is 0.500. The van der Waals surface area contributed by atoms with Crippen molar-refractivity contribution in [1.82, 2.24) is 9.97 Å². The fourth-order valence-corrected chi connectivity index (χ4v) is 1.90. The van der Waals surface area contributed by atoms with E-state index >= 15 is 0 Å². The Kier molecular flexibility index (Phi) is 2.98. The smallest absolute Gasteiger partial charge is 0.303 e. The van der Waals surface area contributed by atoms with Gasteiger partial charge in [0.05, 0.1) is 12.4 Å². The highest BCUT2D eigenvalue weighted by Crippen LogP contribution is 2.22. The summed E-state index contributed by atoms with van der Waals surface area (Å²) < 4.78 is 12.6. The lowest BCUT2D eigenvalue weighted by atomic mass is 10.1. The van der Waals surface area contributed by atoms with Crippen molar-refractivity contribution in [3.63, 3.8) is 0 Å². The lowest BCUT2D eigenvalue weighted by molar-refractivity contribution is -0.137. The van der Waals surface area contributed by atoms with E-state index < -0.39 is 11.8 Å². The number of carboxylic acid groups (broad SMARTS) is 1. The van der Waals surface area contributed by atoms with E-state index in [2.05, 4.69) is 9.97 Å². The first kappa shape index (κ1) is 10.8. The molecule has 2 rings (SSSR count). The van der Waals surface area contributed by atoms with Crippen LogP contribution in [0.2, 0.25) is 0 Å². The average Bonchev–Trinajstić information content (AvgIpc) is 2.66. The van der Waals surface area contributed by atoms with Crippen molar-refractivity contribution in [3.05, 3.63) is 18.2 Å². The highest BCUT2D eigenvalue weighted by atomic mass is 19.1. The summed E-state index contributed by atoms with van der Waals surface area (Å²) in [5.41, 5.74) is 0. The zero-order chi connectivity index (χ0) is 11.5. The molecule has 1 atom stereocenters. The van der Waals surface area contributed by atoms with Crippen molar-refractivity contribution in [2.75, 3.05) is 18.0 Å². The first-order chi connectivity index (χ1) is 7.65. The van der Waals surface area contributed by atoms with Gasteiger partial charge < -0.3 is 10.0 Å². The van der Waals surface area contributed by atoms with Gasteiger partial charge >= 0.3 is 5.97 Å². The number of anilines is 1. The number of aliphatic carboxylic acids is 1. The van der Waals surface area contributed by atoms with Gasteiger partial charge in [0.1, 0.15) is 0 Å². The zero-order valence-corrected chi connectivity index (χ0v) is 8.64. The molecule has 16 heavy (non-hydrogen) atoms. The number of nitrogens with zero attached hydrogens (tertiary/aromatic N) is 3. The molecule has 0 radical (unpaired) electrons. The number of rotatable bonds is 3. The van der Waals surface area contributed by atoms with Gasteiger partial charge in [0, 0.05) is 19.5 Å². The van der Waals surface area contributed by atoms with Crippen molar-refractivity contribution in [3.8, 4) is 0 Å². The van der Waals surface area contributed by atoms with Crippen LogP contribution in [0.4, 0.5) is 10.3 Å². The first-order valence-electron chi connectivity index (χ1n) is 5.09. The van der Waals surface area contributed by atoms with Crippen molar-refractivity contribution in [2.24, 2.45) is 5.92 Å². The van der Waals surface area contributed by atoms with E-state index in [4.69, 9.17) is 5.11 Å².